The molecule has 188 valence electrons. The van der Waals surface area contributed by atoms with Crippen LogP contribution in [0.4, 0.5) is 11.4 Å². The van der Waals surface area contributed by atoms with E-state index in [0.717, 1.165) is 28.3 Å². The van der Waals surface area contributed by atoms with Gasteiger partial charge < -0.3 is 21.5 Å². The minimum absolute atomic E-state index is 0.00209. The fourth-order valence-corrected chi connectivity index (χ4v) is 4.75. The Hall–Kier alpha value is -3.39. The predicted molar refractivity (Wildman–Crippen MR) is 144 cm³/mol. The molecule has 0 saturated carbocycles. The van der Waals surface area contributed by atoms with Gasteiger partial charge in [0, 0.05) is 42.4 Å². The summed E-state index contributed by atoms with van der Waals surface area (Å²) in [5.74, 6) is -0.513. The number of carbonyl (C=O) groups is 2. The quantitative estimate of drug-likeness (QED) is 0.321. The van der Waals surface area contributed by atoms with Crippen LogP contribution in [0.1, 0.15) is 29.9 Å². The monoisotopic (exact) mass is 506 g/mol. The summed E-state index contributed by atoms with van der Waals surface area (Å²) in [5.41, 5.74) is 9.76. The van der Waals surface area contributed by atoms with Crippen molar-refractivity contribution in [1.82, 2.24) is 10.2 Å². The molecule has 8 heteroatoms. The number of para-hydroxylation sites is 2. The molecular weight excluding hydrogens is 476 g/mol. The van der Waals surface area contributed by atoms with E-state index in [1.807, 2.05) is 48.6 Å². The zero-order chi connectivity index (χ0) is 25.5. The molecule has 4 rings (SSSR count). The van der Waals surface area contributed by atoms with Crippen LogP contribution in [-0.2, 0) is 9.59 Å². The highest BCUT2D eigenvalue weighted by atomic mass is 35.5. The van der Waals surface area contributed by atoms with Gasteiger partial charge in [0.25, 0.3) is 0 Å². The Bertz CT molecular complexity index is 1190. The number of allylic oxidation sites excluding steroid dienone is 4. The second kappa shape index (κ2) is 12.0. The molecule has 2 amide bonds. The van der Waals surface area contributed by atoms with Crippen LogP contribution in [0.25, 0.3) is 6.08 Å². The Morgan fingerprint density at radius 1 is 1.06 bits per heavy atom. The third-order valence-electron chi connectivity index (χ3n) is 6.54. The van der Waals surface area contributed by atoms with E-state index in [0.29, 0.717) is 37.4 Å². The van der Waals surface area contributed by atoms with E-state index in [1.54, 1.807) is 18.2 Å². The molecule has 1 fully saturated rings. The molecule has 2 aromatic carbocycles. The van der Waals surface area contributed by atoms with Crippen molar-refractivity contribution < 1.29 is 14.7 Å². The Morgan fingerprint density at radius 2 is 1.83 bits per heavy atom. The second-order valence-electron chi connectivity index (χ2n) is 9.07. The van der Waals surface area contributed by atoms with E-state index in [1.165, 1.54) is 6.08 Å². The second-order valence-corrected chi connectivity index (χ2v) is 9.55. The molecule has 0 aromatic heterocycles. The van der Waals surface area contributed by atoms with Crippen molar-refractivity contribution in [1.29, 1.82) is 0 Å². The number of aliphatic hydroxyl groups excluding tert-OH is 1. The number of nitrogen functional groups attached to an aromatic ring is 1. The maximum absolute atomic E-state index is 13.2. The molecule has 2 aliphatic rings. The van der Waals surface area contributed by atoms with Crippen molar-refractivity contribution in [3.05, 3.63) is 88.6 Å². The number of likely N-dealkylation sites (tertiary alicyclic amines) is 1. The van der Waals surface area contributed by atoms with Gasteiger partial charge >= 0.3 is 0 Å². The first-order valence-electron chi connectivity index (χ1n) is 12.1. The summed E-state index contributed by atoms with van der Waals surface area (Å²) in [6.07, 6.45) is 8.33. The van der Waals surface area contributed by atoms with E-state index >= 15 is 0 Å². The van der Waals surface area contributed by atoms with E-state index < -0.39 is 0 Å². The van der Waals surface area contributed by atoms with Crippen molar-refractivity contribution in [3.8, 4) is 0 Å². The number of benzene rings is 2. The van der Waals surface area contributed by atoms with Gasteiger partial charge in [-0.25, -0.2) is 0 Å². The van der Waals surface area contributed by atoms with Gasteiger partial charge in [0.05, 0.1) is 23.9 Å². The fraction of sp³-hybridized carbons (Fsp3) is 0.286. The number of anilines is 2. The van der Waals surface area contributed by atoms with Crippen LogP contribution in [0.3, 0.4) is 0 Å². The zero-order valence-electron chi connectivity index (χ0n) is 20.0. The number of nitrogens with one attached hydrogen (secondary N) is 2. The molecule has 2 unspecified atom stereocenters. The van der Waals surface area contributed by atoms with Crippen LogP contribution in [-0.4, -0.2) is 48.1 Å². The van der Waals surface area contributed by atoms with Crippen LogP contribution in [0.15, 0.2) is 77.5 Å². The van der Waals surface area contributed by atoms with Crippen molar-refractivity contribution >= 4 is 40.9 Å². The summed E-state index contributed by atoms with van der Waals surface area (Å²) in [6.45, 7) is 1.87. The average molecular weight is 507 g/mol. The Labute approximate surface area is 216 Å². The van der Waals surface area contributed by atoms with Gasteiger partial charge in [-0.15, -0.1) is 0 Å². The first-order chi connectivity index (χ1) is 17.4. The maximum Gasteiger partial charge on any atom is 0.248 e. The molecule has 0 spiro atoms. The zero-order valence-corrected chi connectivity index (χ0v) is 20.7. The van der Waals surface area contributed by atoms with Gasteiger partial charge in [0.15, 0.2) is 0 Å². The fourth-order valence-electron chi connectivity index (χ4n) is 4.59. The lowest BCUT2D eigenvalue weighted by Gasteiger charge is -2.20. The number of amides is 2. The largest absolute Gasteiger partial charge is 0.397 e. The normalized spacial score (nSPS) is 20.2. The van der Waals surface area contributed by atoms with Crippen LogP contribution >= 0.6 is 11.6 Å². The van der Waals surface area contributed by atoms with Crippen molar-refractivity contribution in [2.24, 2.45) is 5.92 Å². The number of rotatable bonds is 8. The molecule has 7 nitrogen and oxygen atoms in total. The molecule has 5 N–H and O–H groups in total. The van der Waals surface area contributed by atoms with Gasteiger partial charge in [-0.05, 0) is 54.3 Å². The highest BCUT2D eigenvalue weighted by Gasteiger charge is 2.38. The van der Waals surface area contributed by atoms with E-state index in [-0.39, 0.29) is 30.3 Å². The van der Waals surface area contributed by atoms with E-state index in [9.17, 15) is 14.7 Å². The van der Waals surface area contributed by atoms with Crippen LogP contribution in [0.2, 0.25) is 0 Å². The molecule has 2 aromatic rings. The lowest BCUT2D eigenvalue weighted by atomic mass is 9.87. The summed E-state index contributed by atoms with van der Waals surface area (Å²) in [5, 5.41) is 16.1. The van der Waals surface area contributed by atoms with E-state index in [2.05, 4.69) is 15.5 Å². The topological polar surface area (TPSA) is 108 Å². The van der Waals surface area contributed by atoms with Gasteiger partial charge in [-0.1, -0.05) is 48.0 Å². The first kappa shape index (κ1) is 25.7. The lowest BCUT2D eigenvalue weighted by Crippen LogP contribution is -2.34. The van der Waals surface area contributed by atoms with E-state index in [4.69, 9.17) is 17.3 Å². The molecule has 36 heavy (non-hydrogen) atoms. The SMILES string of the molecule is Nc1ccccc1NC(=O)/C=C/c1ccc(C2CN(CCO)CC2C(=O)NC2=CC=C(Cl)CC2)cc1. The first-order valence-corrected chi connectivity index (χ1v) is 12.4. The minimum Gasteiger partial charge on any atom is -0.397 e. The van der Waals surface area contributed by atoms with Crippen molar-refractivity contribution in [2.45, 2.75) is 18.8 Å². The molecule has 0 bridgehead atoms. The number of aliphatic hydroxyl groups is 1. The van der Waals surface area contributed by atoms with Gasteiger partial charge in [0.2, 0.25) is 11.8 Å². The number of carbonyl (C=O) groups excluding carboxylic acids is 2. The minimum atomic E-state index is -0.266. The molecular formula is C28H31ClN4O3. The molecule has 2 atom stereocenters. The number of β-amino-alcohol motifs (C(OH)–C–C–N with tert-alkyl or cyclic N) is 1. The maximum atomic E-state index is 13.2. The molecule has 1 heterocycles. The summed E-state index contributed by atoms with van der Waals surface area (Å²) >= 11 is 6.04. The Balaban J connectivity index is 1.42. The number of hydrogen-bond donors (Lipinski definition) is 4. The Morgan fingerprint density at radius 3 is 2.53 bits per heavy atom. The van der Waals surface area contributed by atoms with Gasteiger partial charge in [-0.3, -0.25) is 14.5 Å². The number of halogens is 1. The summed E-state index contributed by atoms with van der Waals surface area (Å²) in [4.78, 5) is 27.6. The highest BCUT2D eigenvalue weighted by Crippen LogP contribution is 2.33. The highest BCUT2D eigenvalue weighted by molar-refractivity contribution is 6.29. The predicted octanol–water partition coefficient (Wildman–Crippen LogP) is 3.85. The number of hydrogen-bond acceptors (Lipinski definition) is 5. The molecule has 0 radical (unpaired) electrons. The van der Waals surface area contributed by atoms with Crippen molar-refractivity contribution in [3.63, 3.8) is 0 Å². The van der Waals surface area contributed by atoms with Gasteiger partial charge in [-0.2, -0.15) is 0 Å². The number of nitrogens with two attached hydrogens (primary N) is 1. The third-order valence-corrected chi connectivity index (χ3v) is 6.86. The molecule has 1 saturated heterocycles. The third kappa shape index (κ3) is 6.63. The standard InChI is InChI=1S/C28H31ClN4O3/c29-21-10-12-22(13-11-21)31-28(36)24-18-33(15-16-34)17-23(24)20-8-5-19(6-9-20)7-14-27(35)32-26-4-2-1-3-25(26)30/h1-10,12,14,23-24,34H,11,13,15-18,30H2,(H,31,36)(H,32,35)/b14-7+. The lowest BCUT2D eigenvalue weighted by molar-refractivity contribution is -0.124. The Kier molecular flexibility index (Phi) is 8.59. The van der Waals surface area contributed by atoms with Crippen LogP contribution in [0.5, 0.6) is 0 Å². The summed E-state index contributed by atoms with van der Waals surface area (Å²) < 4.78 is 0. The van der Waals surface area contributed by atoms with Crippen molar-refractivity contribution in [2.75, 3.05) is 37.3 Å². The number of nitrogens with zero attached hydrogens (tertiary/aromatic N) is 1. The summed E-state index contributed by atoms with van der Waals surface area (Å²) in [7, 11) is 0. The summed E-state index contributed by atoms with van der Waals surface area (Å²) in [6, 6.07) is 15.0. The smallest absolute Gasteiger partial charge is 0.248 e. The van der Waals surface area contributed by atoms with Gasteiger partial charge in [0.1, 0.15) is 0 Å². The molecule has 1 aliphatic heterocycles. The average Bonchev–Trinajstić information content (AvgIpc) is 3.30. The van der Waals surface area contributed by atoms with Crippen LogP contribution in [0, 0.1) is 5.92 Å². The van der Waals surface area contributed by atoms with Crippen LogP contribution < -0.4 is 16.4 Å². The molecule has 1 aliphatic carbocycles.